The summed E-state index contributed by atoms with van der Waals surface area (Å²) in [7, 11) is 3.08. The van der Waals surface area contributed by atoms with Crippen LogP contribution in [0.2, 0.25) is 0 Å². The van der Waals surface area contributed by atoms with E-state index in [1.807, 2.05) is 0 Å². The van der Waals surface area contributed by atoms with Gasteiger partial charge in [0.2, 0.25) is 5.89 Å². The molecule has 4 rings (SSSR count). The molecule has 2 heterocycles. The molecule has 0 N–H and O–H groups in total. The summed E-state index contributed by atoms with van der Waals surface area (Å²) in [6, 6.07) is 10.8. The Bertz CT molecular complexity index is 1050. The second-order valence-corrected chi connectivity index (χ2v) is 7.08. The summed E-state index contributed by atoms with van der Waals surface area (Å²) in [5, 5.41) is 8.12. The normalized spacial score (nSPS) is 15.7. The lowest BCUT2D eigenvalue weighted by Crippen LogP contribution is -2.28. The van der Waals surface area contributed by atoms with E-state index in [0.717, 1.165) is 6.42 Å². The van der Waals surface area contributed by atoms with Crippen LogP contribution in [0.25, 0.3) is 0 Å². The number of benzene rings is 2. The number of carbonyl (C=O) groups is 1. The molecule has 1 atom stereocenters. The van der Waals surface area contributed by atoms with Crippen LogP contribution in [-0.4, -0.2) is 48.3 Å². The van der Waals surface area contributed by atoms with Crippen LogP contribution in [0.4, 0.5) is 4.39 Å². The van der Waals surface area contributed by atoms with Gasteiger partial charge in [-0.05, 0) is 48.9 Å². The number of methoxy groups -OCH3 is 2. The minimum absolute atomic E-state index is 0.0452. The van der Waals surface area contributed by atoms with Crippen molar-refractivity contribution in [3.63, 3.8) is 0 Å². The zero-order valence-electron chi connectivity index (χ0n) is 17.2. The van der Waals surface area contributed by atoms with Crippen LogP contribution in [0.3, 0.4) is 0 Å². The number of carbonyl (C=O) groups excluding carboxylic acids is 1. The third kappa shape index (κ3) is 4.60. The van der Waals surface area contributed by atoms with Gasteiger partial charge >= 0.3 is 0 Å². The summed E-state index contributed by atoms with van der Waals surface area (Å²) in [5.41, 5.74) is 0.525. The van der Waals surface area contributed by atoms with Gasteiger partial charge < -0.3 is 23.5 Å². The monoisotopic (exact) mass is 427 g/mol. The molecule has 0 bridgehead atoms. The lowest BCUT2D eigenvalue weighted by molar-refractivity contribution is 0.0789. The number of ether oxygens (including phenoxy) is 3. The predicted molar refractivity (Wildman–Crippen MR) is 108 cm³/mol. The Balaban J connectivity index is 1.36. The van der Waals surface area contributed by atoms with Gasteiger partial charge in [0.15, 0.2) is 18.1 Å². The molecule has 0 radical (unpaired) electrons. The Morgan fingerprint density at radius 1 is 1.13 bits per heavy atom. The molecule has 1 saturated heterocycles. The lowest BCUT2D eigenvalue weighted by atomic mass is 10.1. The van der Waals surface area contributed by atoms with Crippen molar-refractivity contribution in [2.45, 2.75) is 18.9 Å². The maximum atomic E-state index is 13.0. The molecule has 2 aromatic carbocycles. The first kappa shape index (κ1) is 20.6. The fraction of sp³-hybridized carbons (Fsp3) is 0.318. The smallest absolute Gasteiger partial charge is 0.254 e. The number of halogens is 1. The number of aromatic nitrogens is 2. The van der Waals surface area contributed by atoms with Gasteiger partial charge in [0.05, 0.1) is 20.1 Å². The first-order valence-electron chi connectivity index (χ1n) is 9.79. The van der Waals surface area contributed by atoms with Crippen LogP contribution >= 0.6 is 0 Å². The van der Waals surface area contributed by atoms with Crippen molar-refractivity contribution in [2.75, 3.05) is 27.3 Å². The highest BCUT2D eigenvalue weighted by Crippen LogP contribution is 2.31. The molecule has 8 nitrogen and oxygen atoms in total. The van der Waals surface area contributed by atoms with Crippen molar-refractivity contribution in [1.29, 1.82) is 0 Å². The van der Waals surface area contributed by atoms with Gasteiger partial charge in [-0.1, -0.05) is 0 Å². The number of nitrogens with zero attached hydrogens (tertiary/aromatic N) is 3. The summed E-state index contributed by atoms with van der Waals surface area (Å²) in [4.78, 5) is 14.7. The van der Waals surface area contributed by atoms with Gasteiger partial charge in [0.1, 0.15) is 11.6 Å². The van der Waals surface area contributed by atoms with Gasteiger partial charge in [0, 0.05) is 18.7 Å². The summed E-state index contributed by atoms with van der Waals surface area (Å²) < 4.78 is 34.7. The molecule has 1 aliphatic rings. The molecule has 1 aromatic heterocycles. The van der Waals surface area contributed by atoms with E-state index in [4.69, 9.17) is 18.6 Å². The number of hydrogen-bond acceptors (Lipinski definition) is 7. The fourth-order valence-corrected chi connectivity index (χ4v) is 3.46. The molecule has 3 aromatic rings. The van der Waals surface area contributed by atoms with E-state index >= 15 is 0 Å². The first-order chi connectivity index (χ1) is 15.1. The molecule has 162 valence electrons. The zero-order chi connectivity index (χ0) is 21.8. The van der Waals surface area contributed by atoms with Crippen molar-refractivity contribution in [2.24, 2.45) is 0 Å². The Hall–Kier alpha value is -3.62. The lowest BCUT2D eigenvalue weighted by Gasteiger charge is -2.17. The topological polar surface area (TPSA) is 86.9 Å². The summed E-state index contributed by atoms with van der Waals surface area (Å²) >= 11 is 0. The second-order valence-electron chi connectivity index (χ2n) is 7.08. The van der Waals surface area contributed by atoms with E-state index in [1.54, 1.807) is 30.2 Å². The van der Waals surface area contributed by atoms with Gasteiger partial charge in [-0.3, -0.25) is 4.79 Å². The van der Waals surface area contributed by atoms with Crippen LogP contribution in [0.5, 0.6) is 17.2 Å². The van der Waals surface area contributed by atoms with Crippen LogP contribution in [-0.2, 0) is 6.61 Å². The molecule has 0 unspecified atom stereocenters. The number of amides is 1. The predicted octanol–water partition coefficient (Wildman–Crippen LogP) is 3.43. The third-order valence-corrected chi connectivity index (χ3v) is 5.11. The Labute approximate surface area is 178 Å². The number of rotatable bonds is 7. The van der Waals surface area contributed by atoms with E-state index < -0.39 is 0 Å². The van der Waals surface area contributed by atoms with E-state index in [9.17, 15) is 9.18 Å². The van der Waals surface area contributed by atoms with Crippen LogP contribution in [0, 0.1) is 5.82 Å². The van der Waals surface area contributed by atoms with Crippen molar-refractivity contribution < 1.29 is 27.8 Å². The average Bonchev–Trinajstić information content (AvgIpc) is 3.47. The van der Waals surface area contributed by atoms with Crippen LogP contribution in [0.1, 0.15) is 34.5 Å². The highest BCUT2D eigenvalue weighted by atomic mass is 19.1. The van der Waals surface area contributed by atoms with E-state index in [0.29, 0.717) is 47.7 Å². The van der Waals surface area contributed by atoms with Gasteiger partial charge in [0.25, 0.3) is 11.8 Å². The summed E-state index contributed by atoms with van der Waals surface area (Å²) in [6.07, 6.45) is 0.722. The van der Waals surface area contributed by atoms with Gasteiger partial charge in [-0.25, -0.2) is 4.39 Å². The van der Waals surface area contributed by atoms with Crippen molar-refractivity contribution >= 4 is 5.91 Å². The first-order valence-corrected chi connectivity index (χ1v) is 9.79. The maximum absolute atomic E-state index is 13.0. The van der Waals surface area contributed by atoms with Crippen molar-refractivity contribution in [1.82, 2.24) is 15.1 Å². The maximum Gasteiger partial charge on any atom is 0.254 e. The Morgan fingerprint density at radius 2 is 1.90 bits per heavy atom. The highest BCUT2D eigenvalue weighted by Gasteiger charge is 2.31. The minimum Gasteiger partial charge on any atom is -0.493 e. The standard InChI is InChI=1S/C22H22FN3O5/c1-28-18-8-3-14(11-19(18)29-2)22(27)26-10-9-15(12-26)21-25-24-20(31-21)13-30-17-6-4-16(23)5-7-17/h3-8,11,15H,9-10,12-13H2,1-2H3/t15-/m0/s1. The molecule has 0 saturated carbocycles. The third-order valence-electron chi connectivity index (χ3n) is 5.11. The number of likely N-dealkylation sites (tertiary alicyclic amines) is 1. The SMILES string of the molecule is COc1ccc(C(=O)N2CC[C@H](c3nnc(COc4ccc(F)cc4)o3)C2)cc1OC. The molecule has 0 aliphatic carbocycles. The largest absolute Gasteiger partial charge is 0.493 e. The van der Waals surface area contributed by atoms with Gasteiger partial charge in [-0.2, -0.15) is 0 Å². The van der Waals surface area contributed by atoms with Crippen molar-refractivity contribution in [3.8, 4) is 17.2 Å². The molecular weight excluding hydrogens is 405 g/mol. The quantitative estimate of drug-likeness (QED) is 0.571. The van der Waals surface area contributed by atoms with Crippen LogP contribution in [0.15, 0.2) is 46.9 Å². The molecule has 0 spiro atoms. The average molecular weight is 427 g/mol. The summed E-state index contributed by atoms with van der Waals surface area (Å²) in [6.45, 7) is 1.15. The zero-order valence-corrected chi connectivity index (χ0v) is 17.2. The minimum atomic E-state index is -0.333. The highest BCUT2D eigenvalue weighted by molar-refractivity contribution is 5.95. The molecule has 1 amide bonds. The van der Waals surface area contributed by atoms with Gasteiger partial charge in [-0.15, -0.1) is 10.2 Å². The van der Waals surface area contributed by atoms with E-state index in [1.165, 1.54) is 31.4 Å². The van der Waals surface area contributed by atoms with E-state index in [-0.39, 0.29) is 24.2 Å². The summed E-state index contributed by atoms with van der Waals surface area (Å²) in [5.74, 6) is 1.91. The second kappa shape index (κ2) is 9.03. The molecule has 1 fully saturated rings. The Morgan fingerprint density at radius 3 is 2.65 bits per heavy atom. The molecule has 1 aliphatic heterocycles. The van der Waals surface area contributed by atoms with E-state index in [2.05, 4.69) is 10.2 Å². The fourth-order valence-electron chi connectivity index (χ4n) is 3.46. The number of hydrogen-bond donors (Lipinski definition) is 0. The Kier molecular flexibility index (Phi) is 6.01. The molecular formula is C22H22FN3O5. The van der Waals surface area contributed by atoms with Crippen LogP contribution < -0.4 is 14.2 Å². The molecule has 31 heavy (non-hydrogen) atoms. The van der Waals surface area contributed by atoms with Crippen molar-refractivity contribution in [3.05, 3.63) is 65.6 Å². The molecule has 9 heteroatoms.